The molecule has 288 valence electrons. The zero-order valence-electron chi connectivity index (χ0n) is 31.2. The van der Waals surface area contributed by atoms with E-state index in [-0.39, 0.29) is 36.6 Å². The van der Waals surface area contributed by atoms with E-state index < -0.39 is 63.2 Å². The molecule has 10 nitrogen and oxygen atoms in total. The molecule has 1 aliphatic heterocycles. The van der Waals surface area contributed by atoms with Crippen molar-refractivity contribution in [1.82, 2.24) is 10.6 Å². The van der Waals surface area contributed by atoms with Crippen LogP contribution in [-0.4, -0.2) is 99.1 Å². The molecule has 0 aromatic heterocycles. The SMILES string of the molecule is CNCCNCC1=C[C@H]2C[C@@]3(O)[C@]4(CCC[C@@]15OC(=O)C=C5[C@@H]24)CC[C@H]1[C@@]3(O)[C@H](O)[C@@H]2C[C@@H]([C@@H](C)C3CCCC3)CC[C@@H]3[C@@H](O)CC[C@@]1(C=O)[C@@]32O. The molecule has 0 amide bonds. The van der Waals surface area contributed by atoms with Gasteiger partial charge in [-0.2, -0.15) is 0 Å². The van der Waals surface area contributed by atoms with E-state index in [1.807, 2.05) is 7.05 Å². The molecule has 2 bridgehead atoms. The van der Waals surface area contributed by atoms with E-state index in [0.717, 1.165) is 36.9 Å². The predicted molar refractivity (Wildman–Crippen MR) is 192 cm³/mol. The van der Waals surface area contributed by atoms with E-state index in [0.29, 0.717) is 69.7 Å². The topological polar surface area (TPSA) is 169 Å². The van der Waals surface area contributed by atoms with Gasteiger partial charge in [-0.05, 0) is 118 Å². The van der Waals surface area contributed by atoms with Crippen molar-refractivity contribution in [2.75, 3.05) is 26.7 Å². The van der Waals surface area contributed by atoms with E-state index in [2.05, 4.69) is 23.6 Å². The summed E-state index contributed by atoms with van der Waals surface area (Å²) in [6.07, 6.45) is 12.4. The van der Waals surface area contributed by atoms with Gasteiger partial charge in [0.25, 0.3) is 0 Å². The van der Waals surface area contributed by atoms with Crippen LogP contribution in [-0.2, 0) is 14.3 Å². The van der Waals surface area contributed by atoms with Crippen LogP contribution in [0.5, 0.6) is 0 Å². The monoisotopic (exact) mass is 722 g/mol. The van der Waals surface area contributed by atoms with Crippen LogP contribution in [0.3, 0.4) is 0 Å². The fourth-order valence-electron chi connectivity index (χ4n) is 15.8. The Kier molecular flexibility index (Phi) is 8.43. The van der Waals surface area contributed by atoms with Gasteiger partial charge in [0.05, 0.1) is 23.2 Å². The Morgan fingerprint density at radius 2 is 1.71 bits per heavy atom. The third kappa shape index (κ3) is 4.21. The minimum Gasteiger partial charge on any atom is -0.447 e. The Balaban J connectivity index is 1.18. The normalized spacial score (nSPS) is 52.6. The molecular formula is C42H62N2O8. The van der Waals surface area contributed by atoms with Crippen LogP contribution in [0.25, 0.3) is 0 Å². The first kappa shape index (κ1) is 36.0. The van der Waals surface area contributed by atoms with Crippen molar-refractivity contribution < 1.29 is 39.9 Å². The zero-order valence-corrected chi connectivity index (χ0v) is 31.2. The Morgan fingerprint density at radius 3 is 2.46 bits per heavy atom. The molecule has 0 unspecified atom stereocenters. The number of ether oxygens (including phenoxy) is 1. The van der Waals surface area contributed by atoms with Gasteiger partial charge in [-0.3, -0.25) is 0 Å². The highest BCUT2D eigenvalue weighted by atomic mass is 16.6. The quantitative estimate of drug-likeness (QED) is 0.0857. The number of hydrogen-bond donors (Lipinski definition) is 7. The number of esters is 1. The Bertz CT molecular complexity index is 1540. The second-order valence-electron chi connectivity index (χ2n) is 19.2. The number of nitrogens with one attached hydrogen (secondary N) is 2. The van der Waals surface area contributed by atoms with E-state index in [4.69, 9.17) is 4.74 Å². The van der Waals surface area contributed by atoms with Gasteiger partial charge >= 0.3 is 5.97 Å². The van der Waals surface area contributed by atoms with Crippen molar-refractivity contribution in [2.24, 2.45) is 58.2 Å². The molecule has 7 saturated carbocycles. The highest BCUT2D eigenvalue weighted by Crippen LogP contribution is 2.78. The first-order valence-corrected chi connectivity index (χ1v) is 20.9. The molecule has 0 saturated heterocycles. The summed E-state index contributed by atoms with van der Waals surface area (Å²) < 4.78 is 6.28. The number of carbonyl (C=O) groups excluding carboxylic acids is 2. The van der Waals surface area contributed by atoms with Crippen molar-refractivity contribution >= 4 is 12.3 Å². The first-order chi connectivity index (χ1) is 24.9. The van der Waals surface area contributed by atoms with Gasteiger partial charge < -0.3 is 45.7 Å². The lowest BCUT2D eigenvalue weighted by atomic mass is 9.35. The summed E-state index contributed by atoms with van der Waals surface area (Å²) in [4.78, 5) is 27.2. The number of likely N-dealkylation sites (N-methyl/N-ethyl adjacent to an activating group) is 1. The number of carbonyl (C=O) groups is 2. The first-order valence-electron chi connectivity index (χ1n) is 20.9. The number of allylic oxidation sites excluding steroid dienone is 1. The smallest absolute Gasteiger partial charge is 0.332 e. The maximum Gasteiger partial charge on any atom is 0.332 e. The summed E-state index contributed by atoms with van der Waals surface area (Å²) in [5, 5.41) is 72.2. The number of hydrogen-bond acceptors (Lipinski definition) is 10. The van der Waals surface area contributed by atoms with Crippen LogP contribution < -0.4 is 10.6 Å². The van der Waals surface area contributed by atoms with Gasteiger partial charge in [0.15, 0.2) is 5.60 Å². The summed E-state index contributed by atoms with van der Waals surface area (Å²) in [6.45, 7) is 4.35. The van der Waals surface area contributed by atoms with Gasteiger partial charge in [0, 0.05) is 48.9 Å². The summed E-state index contributed by atoms with van der Waals surface area (Å²) in [5.41, 5.74) is -6.87. The van der Waals surface area contributed by atoms with E-state index in [1.54, 1.807) is 6.08 Å². The largest absolute Gasteiger partial charge is 0.447 e. The van der Waals surface area contributed by atoms with E-state index >= 15 is 0 Å². The van der Waals surface area contributed by atoms with Crippen molar-refractivity contribution in [3.05, 3.63) is 23.3 Å². The van der Waals surface area contributed by atoms with Crippen molar-refractivity contribution in [3.8, 4) is 0 Å². The second kappa shape index (κ2) is 12.2. The lowest BCUT2D eigenvalue weighted by Crippen LogP contribution is -2.85. The van der Waals surface area contributed by atoms with Crippen LogP contribution in [0.1, 0.15) is 103 Å². The fraction of sp³-hybridized carbons (Fsp3) is 0.857. The molecule has 0 radical (unpaired) electrons. The minimum atomic E-state index is -2.09. The van der Waals surface area contributed by atoms with Crippen LogP contribution in [0.4, 0.5) is 0 Å². The predicted octanol–water partition coefficient (Wildman–Crippen LogP) is 2.94. The number of aliphatic hydroxyl groups is 5. The molecule has 7 fully saturated rings. The molecule has 9 rings (SSSR count). The molecule has 0 aromatic carbocycles. The summed E-state index contributed by atoms with van der Waals surface area (Å²) in [5.74, 6) is -2.16. The molecule has 10 heteroatoms. The standard InChI is InChI=1S/C42H62N2O8/c1-24(25-6-3-4-7-25)26-8-9-29-32(46)10-14-38(23-45)33-11-15-37-12-5-13-39-28(22-44-17-16-43-2)18-27(35(37)30(39)20-34(47)52-39)21-40(37,49)42(33,51)36(48)31(19-26)41(29,38)50/h18,20,23-27,29,31-33,35-36,43-44,46,48-51H,3-17,19,21-22H2,1-2H3/t24-,26-,27-,29+,31-,32-,33+,35+,36+,37+,38-,39+,40+,41+,42+/m0/s1. The second-order valence-corrected chi connectivity index (χ2v) is 19.2. The molecule has 1 spiro atoms. The molecule has 52 heavy (non-hydrogen) atoms. The lowest BCUT2D eigenvalue weighted by molar-refractivity contribution is -0.375. The van der Waals surface area contributed by atoms with Crippen molar-refractivity contribution in [3.63, 3.8) is 0 Å². The molecule has 8 aliphatic carbocycles. The van der Waals surface area contributed by atoms with Crippen molar-refractivity contribution in [2.45, 2.75) is 138 Å². The third-order valence-electron chi connectivity index (χ3n) is 17.9. The van der Waals surface area contributed by atoms with Gasteiger partial charge in [-0.15, -0.1) is 0 Å². The fourth-order valence-corrected chi connectivity index (χ4v) is 15.8. The van der Waals surface area contributed by atoms with E-state index in [9.17, 15) is 35.1 Å². The minimum absolute atomic E-state index is 0.152. The average molecular weight is 723 g/mol. The molecule has 15 atom stereocenters. The average Bonchev–Trinajstić information content (AvgIpc) is 3.79. The summed E-state index contributed by atoms with van der Waals surface area (Å²) in [6, 6.07) is 0. The molecule has 0 aromatic rings. The Morgan fingerprint density at radius 1 is 0.923 bits per heavy atom. The highest BCUT2D eigenvalue weighted by molar-refractivity contribution is 5.88. The van der Waals surface area contributed by atoms with Gasteiger partial charge in [-0.25, -0.2) is 4.79 Å². The van der Waals surface area contributed by atoms with Crippen LogP contribution in [0.15, 0.2) is 23.3 Å². The van der Waals surface area contributed by atoms with Crippen LogP contribution in [0.2, 0.25) is 0 Å². The van der Waals surface area contributed by atoms with Crippen molar-refractivity contribution in [1.29, 1.82) is 0 Å². The maximum absolute atomic E-state index is 13.9. The summed E-state index contributed by atoms with van der Waals surface area (Å²) in [7, 11) is 1.91. The van der Waals surface area contributed by atoms with Gasteiger partial charge in [0.1, 0.15) is 17.5 Å². The van der Waals surface area contributed by atoms with E-state index in [1.165, 1.54) is 25.7 Å². The number of fused-ring (bicyclic) bond motifs is 3. The van der Waals surface area contributed by atoms with Gasteiger partial charge in [-0.1, -0.05) is 38.7 Å². The summed E-state index contributed by atoms with van der Waals surface area (Å²) >= 11 is 0. The molecular weight excluding hydrogens is 660 g/mol. The Labute approximate surface area is 308 Å². The number of aliphatic hydroxyl groups excluding tert-OH is 2. The Hall–Kier alpha value is -1.66. The molecule has 7 N–H and O–H groups in total. The maximum atomic E-state index is 13.9. The number of rotatable bonds is 8. The number of aldehydes is 1. The zero-order chi connectivity index (χ0) is 36.5. The molecule has 9 aliphatic rings. The third-order valence-corrected chi connectivity index (χ3v) is 17.9. The van der Waals surface area contributed by atoms with Crippen LogP contribution in [0, 0.1) is 58.2 Å². The van der Waals surface area contributed by atoms with Gasteiger partial charge in [0.2, 0.25) is 0 Å². The molecule has 1 heterocycles. The lowest BCUT2D eigenvalue weighted by Gasteiger charge is -2.73. The highest BCUT2D eigenvalue weighted by Gasteiger charge is 2.85. The van der Waals surface area contributed by atoms with Crippen LogP contribution >= 0.6 is 0 Å².